The molecular weight excluding hydrogens is 224 g/mol. The topological polar surface area (TPSA) is 55.1 Å². The van der Waals surface area contributed by atoms with Crippen LogP contribution in [0.5, 0.6) is 0 Å². The van der Waals surface area contributed by atoms with Gasteiger partial charge in [-0.05, 0) is 51.4 Å². The maximum absolute atomic E-state index is 12.2. The molecule has 2 saturated carbocycles. The molecule has 1 amide bonds. The Morgan fingerprint density at radius 1 is 1.06 bits per heavy atom. The molecule has 2 aliphatic rings. The third kappa shape index (κ3) is 3.71. The SMILES string of the molecule is C[C@@H](NC(=O)C1CCC(N)CC1)C1CCCCC1. The van der Waals surface area contributed by atoms with Crippen LogP contribution >= 0.6 is 0 Å². The van der Waals surface area contributed by atoms with Crippen LogP contribution in [0, 0.1) is 11.8 Å². The zero-order valence-corrected chi connectivity index (χ0v) is 11.7. The molecule has 2 aliphatic carbocycles. The van der Waals surface area contributed by atoms with Crippen LogP contribution in [0.2, 0.25) is 0 Å². The number of rotatable bonds is 3. The summed E-state index contributed by atoms with van der Waals surface area (Å²) in [5, 5.41) is 3.25. The second-order valence-electron chi connectivity index (χ2n) is 6.31. The lowest BCUT2D eigenvalue weighted by Crippen LogP contribution is -2.43. The van der Waals surface area contributed by atoms with E-state index in [9.17, 15) is 4.79 Å². The fourth-order valence-electron chi connectivity index (χ4n) is 3.48. The Balaban J connectivity index is 1.75. The van der Waals surface area contributed by atoms with Crippen LogP contribution in [0.1, 0.15) is 64.7 Å². The van der Waals surface area contributed by atoms with E-state index < -0.39 is 0 Å². The molecule has 104 valence electrons. The van der Waals surface area contributed by atoms with E-state index in [1.54, 1.807) is 0 Å². The van der Waals surface area contributed by atoms with Crippen molar-refractivity contribution in [2.24, 2.45) is 17.6 Å². The molecule has 0 aromatic rings. The van der Waals surface area contributed by atoms with Gasteiger partial charge in [0.2, 0.25) is 5.91 Å². The van der Waals surface area contributed by atoms with Crippen LogP contribution in [0.4, 0.5) is 0 Å². The molecule has 0 aromatic heterocycles. The maximum atomic E-state index is 12.2. The molecule has 2 fully saturated rings. The lowest BCUT2D eigenvalue weighted by atomic mass is 9.83. The molecule has 18 heavy (non-hydrogen) atoms. The Labute approximate surface area is 111 Å². The Bertz CT molecular complexity index is 266. The van der Waals surface area contributed by atoms with Crippen molar-refractivity contribution in [1.82, 2.24) is 5.32 Å². The van der Waals surface area contributed by atoms with E-state index in [1.807, 2.05) is 0 Å². The summed E-state index contributed by atoms with van der Waals surface area (Å²) in [5.74, 6) is 1.20. The fraction of sp³-hybridized carbons (Fsp3) is 0.933. The van der Waals surface area contributed by atoms with Crippen molar-refractivity contribution in [3.8, 4) is 0 Å². The van der Waals surface area contributed by atoms with Gasteiger partial charge in [0.1, 0.15) is 0 Å². The number of nitrogens with two attached hydrogens (primary N) is 1. The van der Waals surface area contributed by atoms with Gasteiger partial charge in [-0.25, -0.2) is 0 Å². The minimum absolute atomic E-state index is 0.218. The van der Waals surface area contributed by atoms with Crippen molar-refractivity contribution in [3.63, 3.8) is 0 Å². The van der Waals surface area contributed by atoms with Crippen molar-refractivity contribution >= 4 is 5.91 Å². The molecule has 3 N–H and O–H groups in total. The highest BCUT2D eigenvalue weighted by Gasteiger charge is 2.27. The van der Waals surface area contributed by atoms with Crippen molar-refractivity contribution in [3.05, 3.63) is 0 Å². The minimum Gasteiger partial charge on any atom is -0.353 e. The number of carbonyl (C=O) groups is 1. The van der Waals surface area contributed by atoms with Crippen molar-refractivity contribution in [2.75, 3.05) is 0 Å². The highest BCUT2D eigenvalue weighted by Crippen LogP contribution is 2.27. The molecule has 3 heteroatoms. The lowest BCUT2D eigenvalue weighted by molar-refractivity contribution is -0.127. The molecule has 0 radical (unpaired) electrons. The summed E-state index contributed by atoms with van der Waals surface area (Å²) < 4.78 is 0. The van der Waals surface area contributed by atoms with Crippen LogP contribution in [0.25, 0.3) is 0 Å². The van der Waals surface area contributed by atoms with Crippen molar-refractivity contribution < 1.29 is 4.79 Å². The quantitative estimate of drug-likeness (QED) is 0.811. The summed E-state index contributed by atoms with van der Waals surface area (Å²) in [4.78, 5) is 12.2. The molecule has 0 spiro atoms. The van der Waals surface area contributed by atoms with Crippen molar-refractivity contribution in [1.29, 1.82) is 0 Å². The zero-order chi connectivity index (χ0) is 13.0. The first-order chi connectivity index (χ1) is 8.66. The average Bonchev–Trinajstić information content (AvgIpc) is 2.40. The first kappa shape index (κ1) is 13.9. The van der Waals surface area contributed by atoms with Gasteiger partial charge in [0.15, 0.2) is 0 Å². The number of hydrogen-bond acceptors (Lipinski definition) is 2. The average molecular weight is 252 g/mol. The summed E-state index contributed by atoms with van der Waals surface area (Å²) >= 11 is 0. The molecule has 0 aliphatic heterocycles. The van der Waals surface area contributed by atoms with Gasteiger partial charge in [0, 0.05) is 18.0 Å². The number of hydrogen-bond donors (Lipinski definition) is 2. The van der Waals surface area contributed by atoms with E-state index in [4.69, 9.17) is 5.73 Å². The van der Waals surface area contributed by atoms with Crippen LogP contribution < -0.4 is 11.1 Å². The van der Waals surface area contributed by atoms with Crippen molar-refractivity contribution in [2.45, 2.75) is 76.8 Å². The van der Waals surface area contributed by atoms with Gasteiger partial charge in [-0.3, -0.25) is 4.79 Å². The van der Waals surface area contributed by atoms with E-state index in [1.165, 1.54) is 32.1 Å². The third-order valence-electron chi connectivity index (χ3n) is 4.87. The summed E-state index contributed by atoms with van der Waals surface area (Å²) in [5.41, 5.74) is 5.88. The smallest absolute Gasteiger partial charge is 0.223 e. The Morgan fingerprint density at radius 3 is 2.28 bits per heavy atom. The van der Waals surface area contributed by atoms with Crippen LogP contribution in [-0.2, 0) is 4.79 Å². The summed E-state index contributed by atoms with van der Waals surface area (Å²) in [6.07, 6.45) is 10.6. The lowest BCUT2D eigenvalue weighted by Gasteiger charge is -2.31. The van der Waals surface area contributed by atoms with Crippen LogP contribution in [0.15, 0.2) is 0 Å². The molecule has 0 unspecified atom stereocenters. The molecule has 0 aromatic carbocycles. The first-order valence-corrected chi connectivity index (χ1v) is 7.72. The molecule has 0 saturated heterocycles. The Morgan fingerprint density at radius 2 is 1.67 bits per heavy atom. The molecule has 3 nitrogen and oxygen atoms in total. The van der Waals surface area contributed by atoms with E-state index in [2.05, 4.69) is 12.2 Å². The molecular formula is C15H28N2O. The molecule has 1 atom stereocenters. The van der Waals surface area contributed by atoms with Gasteiger partial charge in [-0.15, -0.1) is 0 Å². The monoisotopic (exact) mass is 252 g/mol. The van der Waals surface area contributed by atoms with E-state index >= 15 is 0 Å². The first-order valence-electron chi connectivity index (χ1n) is 7.72. The number of carbonyl (C=O) groups excluding carboxylic acids is 1. The van der Waals surface area contributed by atoms with Gasteiger partial charge in [0.05, 0.1) is 0 Å². The maximum Gasteiger partial charge on any atom is 0.223 e. The summed E-state index contributed by atoms with van der Waals surface area (Å²) in [6, 6.07) is 0.679. The van der Waals surface area contributed by atoms with E-state index in [0.717, 1.165) is 25.7 Å². The standard InChI is InChI=1S/C15H28N2O/c1-11(12-5-3-2-4-6-12)17-15(18)13-7-9-14(16)10-8-13/h11-14H,2-10,16H2,1H3,(H,17,18)/t11-,13?,14?/m1/s1. The minimum atomic E-state index is 0.218. The van der Waals surface area contributed by atoms with Gasteiger partial charge in [-0.1, -0.05) is 19.3 Å². The van der Waals surface area contributed by atoms with Crippen LogP contribution in [0.3, 0.4) is 0 Å². The van der Waals surface area contributed by atoms with Gasteiger partial charge < -0.3 is 11.1 Å². The number of amides is 1. The predicted molar refractivity (Wildman–Crippen MR) is 74.1 cm³/mol. The molecule has 2 rings (SSSR count). The Kier molecular flexibility index (Phi) is 5.04. The second-order valence-corrected chi connectivity index (χ2v) is 6.31. The predicted octanol–water partition coefficient (Wildman–Crippen LogP) is 2.59. The van der Waals surface area contributed by atoms with Gasteiger partial charge in [0.25, 0.3) is 0 Å². The Hall–Kier alpha value is -0.570. The zero-order valence-electron chi connectivity index (χ0n) is 11.7. The van der Waals surface area contributed by atoms with Gasteiger partial charge in [-0.2, -0.15) is 0 Å². The molecule has 0 bridgehead atoms. The largest absolute Gasteiger partial charge is 0.353 e. The highest BCUT2D eigenvalue weighted by molar-refractivity contribution is 5.79. The van der Waals surface area contributed by atoms with Gasteiger partial charge >= 0.3 is 0 Å². The fourth-order valence-corrected chi connectivity index (χ4v) is 3.48. The highest BCUT2D eigenvalue weighted by atomic mass is 16.1. The summed E-state index contributed by atoms with van der Waals surface area (Å²) in [6.45, 7) is 2.18. The number of nitrogens with one attached hydrogen (secondary N) is 1. The third-order valence-corrected chi connectivity index (χ3v) is 4.87. The van der Waals surface area contributed by atoms with Crippen LogP contribution in [-0.4, -0.2) is 18.0 Å². The van der Waals surface area contributed by atoms with E-state index in [-0.39, 0.29) is 11.8 Å². The second kappa shape index (κ2) is 6.55. The van der Waals surface area contributed by atoms with E-state index in [0.29, 0.717) is 18.0 Å². The summed E-state index contributed by atoms with van der Waals surface area (Å²) in [7, 11) is 0. The molecule has 0 heterocycles. The normalized spacial score (nSPS) is 31.9.